The largest absolute Gasteiger partial charge is 0.494 e. The van der Waals surface area contributed by atoms with Crippen molar-refractivity contribution >= 4 is 43.5 Å². The minimum absolute atomic E-state index is 0.0406. The van der Waals surface area contributed by atoms with E-state index in [-0.39, 0.29) is 23.4 Å². The van der Waals surface area contributed by atoms with Gasteiger partial charge in [-0.1, -0.05) is 46.3 Å². The van der Waals surface area contributed by atoms with Crippen LogP contribution < -0.4 is 14.4 Å². The summed E-state index contributed by atoms with van der Waals surface area (Å²) in [6, 6.07) is 21.5. The summed E-state index contributed by atoms with van der Waals surface area (Å²) in [5.74, 6) is -0.210. The molecule has 1 atom stereocenters. The maximum Gasteiger partial charge on any atom is 0.264 e. The van der Waals surface area contributed by atoms with E-state index in [1.807, 2.05) is 51.1 Å². The molecule has 3 rings (SSSR count). The second-order valence-corrected chi connectivity index (χ2v) is 12.3. The summed E-state index contributed by atoms with van der Waals surface area (Å²) in [7, 11) is -4.13. The predicted octanol–water partition coefficient (Wildman–Crippen LogP) is 5.03. The van der Waals surface area contributed by atoms with E-state index >= 15 is 0 Å². The number of nitrogens with one attached hydrogen (secondary N) is 1. The minimum Gasteiger partial charge on any atom is -0.494 e. The van der Waals surface area contributed by atoms with Crippen molar-refractivity contribution in [2.24, 2.45) is 0 Å². The third-order valence-electron chi connectivity index (χ3n) is 6.20. The van der Waals surface area contributed by atoms with Gasteiger partial charge in [0, 0.05) is 17.1 Å². The minimum atomic E-state index is -4.13. The Balaban J connectivity index is 1.98. The van der Waals surface area contributed by atoms with Crippen LogP contribution in [0.15, 0.2) is 88.2 Å². The number of ether oxygens (including phenoxy) is 1. The molecule has 0 saturated heterocycles. The summed E-state index contributed by atoms with van der Waals surface area (Å²) < 4.78 is 35.1. The molecule has 0 spiro atoms. The summed E-state index contributed by atoms with van der Waals surface area (Å²) >= 11 is 3.34. The molecule has 3 aromatic rings. The number of anilines is 1. The number of amides is 2. The number of halogens is 1. The molecule has 0 aliphatic rings. The Bertz CT molecular complexity index is 1360. The van der Waals surface area contributed by atoms with Crippen molar-refractivity contribution in [2.75, 3.05) is 24.0 Å². The number of carbonyl (C=O) groups excluding carboxylic acids is 2. The van der Waals surface area contributed by atoms with Crippen molar-refractivity contribution < 1.29 is 22.7 Å². The SMILES string of the molecule is CCOc1ccc(N(CC(=O)N(CCc2ccccc2)[C@@H](C)C(=O)NC(C)C)S(=O)(=O)c2ccc(Br)cc2)cc1. The summed E-state index contributed by atoms with van der Waals surface area (Å²) in [6.45, 7) is 7.43. The van der Waals surface area contributed by atoms with Crippen molar-refractivity contribution in [3.05, 3.63) is 88.9 Å². The number of hydrogen-bond acceptors (Lipinski definition) is 5. The molecule has 40 heavy (non-hydrogen) atoms. The van der Waals surface area contributed by atoms with Gasteiger partial charge >= 0.3 is 0 Å². The van der Waals surface area contributed by atoms with E-state index in [9.17, 15) is 18.0 Å². The highest BCUT2D eigenvalue weighted by Gasteiger charge is 2.32. The number of sulfonamides is 1. The van der Waals surface area contributed by atoms with E-state index in [4.69, 9.17) is 4.74 Å². The van der Waals surface area contributed by atoms with E-state index in [0.29, 0.717) is 24.5 Å². The molecule has 1 N–H and O–H groups in total. The van der Waals surface area contributed by atoms with Crippen molar-refractivity contribution in [3.63, 3.8) is 0 Å². The van der Waals surface area contributed by atoms with Gasteiger partial charge in [0.1, 0.15) is 18.3 Å². The van der Waals surface area contributed by atoms with E-state index in [1.165, 1.54) is 17.0 Å². The standard InChI is InChI=1S/C30H36BrN3O5S/c1-5-39-27-15-13-26(14-16-27)34(40(37,38)28-17-11-25(31)12-18-28)21-29(35)33(23(4)30(36)32-22(2)3)20-19-24-9-7-6-8-10-24/h6-18,22-23H,5,19-21H2,1-4H3,(H,32,36)/t23-/m0/s1. The quantitative estimate of drug-likeness (QED) is 0.286. The topological polar surface area (TPSA) is 96.0 Å². The first-order valence-corrected chi connectivity index (χ1v) is 15.4. The van der Waals surface area contributed by atoms with Crippen LogP contribution in [0.2, 0.25) is 0 Å². The molecule has 0 unspecified atom stereocenters. The molecule has 0 aromatic heterocycles. The second-order valence-electron chi connectivity index (χ2n) is 9.55. The fourth-order valence-corrected chi connectivity index (χ4v) is 5.79. The Morgan fingerprint density at radius 3 is 2.12 bits per heavy atom. The lowest BCUT2D eigenvalue weighted by atomic mass is 10.1. The Kier molecular flexibility index (Phi) is 11.2. The van der Waals surface area contributed by atoms with Gasteiger partial charge in [0.25, 0.3) is 10.0 Å². The molecular weight excluding hydrogens is 594 g/mol. The monoisotopic (exact) mass is 629 g/mol. The summed E-state index contributed by atoms with van der Waals surface area (Å²) in [5, 5.41) is 2.86. The van der Waals surface area contributed by atoms with Gasteiger partial charge in [0.2, 0.25) is 11.8 Å². The van der Waals surface area contributed by atoms with Gasteiger partial charge < -0.3 is 15.0 Å². The van der Waals surface area contributed by atoms with Crippen LogP contribution in [-0.4, -0.2) is 56.9 Å². The first kappa shape index (κ1) is 31.2. The van der Waals surface area contributed by atoms with Gasteiger partial charge in [-0.3, -0.25) is 13.9 Å². The van der Waals surface area contributed by atoms with Crippen LogP contribution in [0.3, 0.4) is 0 Å². The number of rotatable bonds is 13. The van der Waals surface area contributed by atoms with Crippen LogP contribution in [0.25, 0.3) is 0 Å². The molecule has 0 heterocycles. The van der Waals surface area contributed by atoms with E-state index in [0.717, 1.165) is 14.3 Å². The van der Waals surface area contributed by atoms with Crippen LogP contribution in [-0.2, 0) is 26.0 Å². The fraction of sp³-hybridized carbons (Fsp3) is 0.333. The molecule has 0 radical (unpaired) electrons. The van der Waals surface area contributed by atoms with E-state index in [1.54, 1.807) is 43.3 Å². The molecule has 0 fully saturated rings. The zero-order valence-electron chi connectivity index (χ0n) is 23.2. The van der Waals surface area contributed by atoms with Crippen LogP contribution in [0.4, 0.5) is 5.69 Å². The molecule has 0 aliphatic carbocycles. The molecule has 0 saturated carbocycles. The van der Waals surface area contributed by atoms with Gasteiger partial charge in [-0.05, 0) is 88.2 Å². The first-order valence-electron chi connectivity index (χ1n) is 13.2. The molecule has 8 nitrogen and oxygen atoms in total. The van der Waals surface area contributed by atoms with E-state index in [2.05, 4.69) is 21.2 Å². The number of carbonyl (C=O) groups is 2. The lowest BCUT2D eigenvalue weighted by Gasteiger charge is -2.32. The number of hydrogen-bond donors (Lipinski definition) is 1. The average Bonchev–Trinajstić information content (AvgIpc) is 2.93. The number of nitrogens with zero attached hydrogens (tertiary/aromatic N) is 2. The maximum absolute atomic E-state index is 13.9. The fourth-order valence-electron chi connectivity index (χ4n) is 4.11. The van der Waals surface area contributed by atoms with Crippen molar-refractivity contribution in [3.8, 4) is 5.75 Å². The highest BCUT2D eigenvalue weighted by molar-refractivity contribution is 9.10. The number of benzene rings is 3. The average molecular weight is 631 g/mol. The van der Waals surface area contributed by atoms with Gasteiger partial charge in [-0.15, -0.1) is 0 Å². The Morgan fingerprint density at radius 1 is 0.925 bits per heavy atom. The molecule has 10 heteroatoms. The third kappa shape index (κ3) is 8.32. The summed E-state index contributed by atoms with van der Waals surface area (Å²) in [5.41, 5.74) is 1.31. The smallest absolute Gasteiger partial charge is 0.264 e. The maximum atomic E-state index is 13.9. The van der Waals surface area contributed by atoms with Crippen molar-refractivity contribution in [1.29, 1.82) is 0 Å². The lowest BCUT2D eigenvalue weighted by molar-refractivity contribution is -0.139. The Hall–Kier alpha value is -3.37. The van der Waals surface area contributed by atoms with Crippen LogP contribution in [0, 0.1) is 0 Å². The zero-order valence-corrected chi connectivity index (χ0v) is 25.6. The predicted molar refractivity (Wildman–Crippen MR) is 161 cm³/mol. The second kappa shape index (κ2) is 14.3. The van der Waals surface area contributed by atoms with E-state index < -0.39 is 28.5 Å². The Morgan fingerprint density at radius 2 is 1.55 bits per heavy atom. The Labute approximate surface area is 245 Å². The zero-order chi connectivity index (χ0) is 29.3. The molecule has 0 aliphatic heterocycles. The van der Waals surface area contributed by atoms with Gasteiger partial charge in [0.05, 0.1) is 17.2 Å². The molecule has 2 amide bonds. The lowest BCUT2D eigenvalue weighted by Crippen LogP contribution is -2.53. The van der Waals surface area contributed by atoms with Crippen LogP contribution in [0.1, 0.15) is 33.3 Å². The van der Waals surface area contributed by atoms with Gasteiger partial charge in [0.15, 0.2) is 0 Å². The molecule has 0 bridgehead atoms. The summed E-state index contributed by atoms with van der Waals surface area (Å²) in [4.78, 5) is 28.3. The highest BCUT2D eigenvalue weighted by atomic mass is 79.9. The molecular formula is C30H36BrN3O5S. The van der Waals surface area contributed by atoms with Crippen LogP contribution >= 0.6 is 15.9 Å². The van der Waals surface area contributed by atoms with Gasteiger partial charge in [-0.25, -0.2) is 8.42 Å². The van der Waals surface area contributed by atoms with Crippen molar-refractivity contribution in [2.45, 2.75) is 51.1 Å². The molecule has 3 aromatic carbocycles. The van der Waals surface area contributed by atoms with Crippen LogP contribution in [0.5, 0.6) is 5.75 Å². The highest BCUT2D eigenvalue weighted by Crippen LogP contribution is 2.27. The normalized spacial score (nSPS) is 12.1. The first-order chi connectivity index (χ1) is 19.0. The summed E-state index contributed by atoms with van der Waals surface area (Å²) in [6.07, 6.45) is 0.508. The third-order valence-corrected chi connectivity index (χ3v) is 8.52. The van der Waals surface area contributed by atoms with Gasteiger partial charge in [-0.2, -0.15) is 0 Å². The molecule has 214 valence electrons. The van der Waals surface area contributed by atoms with Crippen molar-refractivity contribution in [1.82, 2.24) is 10.2 Å².